The first-order valence-corrected chi connectivity index (χ1v) is 14.1. The van der Waals surface area contributed by atoms with Crippen molar-refractivity contribution in [2.24, 2.45) is 5.92 Å². The topological polar surface area (TPSA) is 33.1 Å². The maximum Gasteiger partial charge on any atom is 0.0843 e. The van der Waals surface area contributed by atoms with E-state index < -0.39 is 5.60 Å². The Kier molecular flexibility index (Phi) is 7.59. The van der Waals surface area contributed by atoms with E-state index in [0.29, 0.717) is 5.25 Å². The molecule has 2 nitrogen and oxygen atoms in total. The highest BCUT2D eigenvalue weighted by atomic mass is 32.2. The van der Waals surface area contributed by atoms with Crippen LogP contribution in [-0.2, 0) is 12.0 Å². The largest absolute Gasteiger partial charge is 0.386 e. The van der Waals surface area contributed by atoms with Crippen molar-refractivity contribution >= 4 is 34.8 Å². The zero-order valence-electron chi connectivity index (χ0n) is 21.2. The molecular formula is C33H35NOS. The number of pyridine rings is 1. The summed E-state index contributed by atoms with van der Waals surface area (Å²) in [5, 5.41) is 12.3. The lowest BCUT2D eigenvalue weighted by Crippen LogP contribution is -2.18. The van der Waals surface area contributed by atoms with Crippen LogP contribution >= 0.6 is 11.8 Å². The van der Waals surface area contributed by atoms with Crippen LogP contribution in [0.25, 0.3) is 23.1 Å². The van der Waals surface area contributed by atoms with Crippen LogP contribution in [0.1, 0.15) is 66.3 Å². The van der Waals surface area contributed by atoms with Gasteiger partial charge in [0.05, 0.1) is 16.8 Å². The van der Waals surface area contributed by atoms with Crippen molar-refractivity contribution < 1.29 is 5.11 Å². The summed E-state index contributed by atoms with van der Waals surface area (Å²) in [7, 11) is 0. The number of aryl methyl sites for hydroxylation is 1. The van der Waals surface area contributed by atoms with Gasteiger partial charge in [-0.1, -0.05) is 78.9 Å². The highest BCUT2D eigenvalue weighted by molar-refractivity contribution is 7.99. The van der Waals surface area contributed by atoms with E-state index in [1.807, 2.05) is 32.0 Å². The maximum atomic E-state index is 10.7. The molecule has 3 heteroatoms. The quantitative estimate of drug-likeness (QED) is 0.241. The number of benzene rings is 3. The molecule has 36 heavy (non-hydrogen) atoms. The third-order valence-electron chi connectivity index (χ3n) is 6.93. The van der Waals surface area contributed by atoms with Crippen LogP contribution in [0.15, 0.2) is 84.9 Å². The van der Waals surface area contributed by atoms with Crippen molar-refractivity contribution in [1.29, 1.82) is 0 Å². The van der Waals surface area contributed by atoms with E-state index in [0.717, 1.165) is 35.5 Å². The lowest BCUT2D eigenvalue weighted by atomic mass is 9.90. The van der Waals surface area contributed by atoms with E-state index in [9.17, 15) is 5.11 Å². The molecule has 1 N–H and O–H groups in total. The Morgan fingerprint density at radius 3 is 2.58 bits per heavy atom. The Morgan fingerprint density at radius 1 is 0.944 bits per heavy atom. The molecule has 1 saturated carbocycles. The minimum Gasteiger partial charge on any atom is -0.386 e. The molecule has 4 aromatic rings. The lowest BCUT2D eigenvalue weighted by Gasteiger charge is -2.23. The van der Waals surface area contributed by atoms with E-state index in [-0.39, 0.29) is 0 Å². The number of thioether (sulfide) groups is 1. The summed E-state index contributed by atoms with van der Waals surface area (Å²) in [6.07, 6.45) is 9.06. The van der Waals surface area contributed by atoms with Crippen LogP contribution in [0.2, 0.25) is 0 Å². The number of aliphatic hydroxyl groups is 1. The summed E-state index contributed by atoms with van der Waals surface area (Å²) >= 11 is 2.10. The average molecular weight is 494 g/mol. The van der Waals surface area contributed by atoms with Gasteiger partial charge in [0, 0.05) is 10.6 Å². The summed E-state index contributed by atoms with van der Waals surface area (Å²) in [4.78, 5) is 4.78. The molecule has 1 aliphatic rings. The van der Waals surface area contributed by atoms with Crippen molar-refractivity contribution in [3.63, 3.8) is 0 Å². The molecule has 1 aromatic heterocycles. The molecule has 0 spiro atoms. The molecule has 5 rings (SSSR count). The highest BCUT2D eigenvalue weighted by Crippen LogP contribution is 2.41. The van der Waals surface area contributed by atoms with Crippen molar-refractivity contribution in [2.75, 3.05) is 5.75 Å². The normalized spacial score (nSPS) is 15.0. The number of aromatic nitrogens is 1. The first-order valence-electron chi connectivity index (χ1n) is 13.0. The first-order chi connectivity index (χ1) is 17.5. The molecule has 0 aliphatic heterocycles. The molecule has 0 bridgehead atoms. The summed E-state index contributed by atoms with van der Waals surface area (Å²) in [5.41, 5.74) is 6.05. The van der Waals surface area contributed by atoms with Gasteiger partial charge in [-0.15, -0.1) is 0 Å². The highest BCUT2D eigenvalue weighted by Gasteiger charge is 2.25. The Morgan fingerprint density at radius 2 is 1.75 bits per heavy atom. The molecule has 3 aromatic carbocycles. The molecule has 0 radical (unpaired) electrons. The number of hydrogen-bond donors (Lipinski definition) is 1. The van der Waals surface area contributed by atoms with Gasteiger partial charge < -0.3 is 5.11 Å². The third kappa shape index (κ3) is 6.46. The van der Waals surface area contributed by atoms with Gasteiger partial charge in [0.25, 0.3) is 0 Å². The molecule has 0 saturated heterocycles. The molecule has 184 valence electrons. The van der Waals surface area contributed by atoms with Gasteiger partial charge in [0.2, 0.25) is 0 Å². The molecule has 0 unspecified atom stereocenters. The van der Waals surface area contributed by atoms with E-state index in [1.54, 1.807) is 0 Å². The Hall–Kier alpha value is -2.88. The predicted molar refractivity (Wildman–Crippen MR) is 155 cm³/mol. The third-order valence-corrected chi connectivity index (χ3v) is 8.51. The number of fused-ring (bicyclic) bond motifs is 1. The zero-order chi connectivity index (χ0) is 25.0. The molecular weight excluding hydrogens is 458 g/mol. The minimum absolute atomic E-state index is 0.438. The van der Waals surface area contributed by atoms with Gasteiger partial charge in [0.1, 0.15) is 0 Å². The lowest BCUT2D eigenvalue weighted by molar-refractivity contribution is 0.0776. The van der Waals surface area contributed by atoms with Crippen LogP contribution in [0.5, 0.6) is 0 Å². The predicted octanol–water partition coefficient (Wildman–Crippen LogP) is 8.45. The van der Waals surface area contributed by atoms with Crippen LogP contribution in [-0.4, -0.2) is 15.8 Å². The molecule has 1 aliphatic carbocycles. The Balaban J connectivity index is 1.34. The minimum atomic E-state index is -0.825. The van der Waals surface area contributed by atoms with Gasteiger partial charge >= 0.3 is 0 Å². The standard InChI is InChI=1S/C33H35NOS/c1-33(2,35)30-12-5-3-9-26(30)18-21-32(36-23-25-14-15-25)28-11-7-8-24(22-28)16-19-29-20-17-27-10-4-6-13-31(27)34-29/h3-13,16-17,19-20,22,25,32,35H,14-15,18,21,23H2,1-2H3/b19-16+/t32-/m1/s1. The van der Waals surface area contributed by atoms with Crippen LogP contribution < -0.4 is 0 Å². The fourth-order valence-electron chi connectivity index (χ4n) is 4.72. The van der Waals surface area contributed by atoms with E-state index in [2.05, 4.69) is 90.6 Å². The molecule has 0 amide bonds. The van der Waals surface area contributed by atoms with Gasteiger partial charge in [-0.05, 0) is 91.7 Å². The maximum absolute atomic E-state index is 10.7. The van der Waals surface area contributed by atoms with Crippen LogP contribution in [0.4, 0.5) is 0 Å². The fourth-order valence-corrected chi connectivity index (χ4v) is 6.19. The van der Waals surface area contributed by atoms with Crippen LogP contribution in [0, 0.1) is 5.92 Å². The zero-order valence-corrected chi connectivity index (χ0v) is 22.0. The van der Waals surface area contributed by atoms with Crippen molar-refractivity contribution in [3.05, 3.63) is 113 Å². The molecule has 1 atom stereocenters. The Bertz CT molecular complexity index is 1350. The van der Waals surface area contributed by atoms with Crippen LogP contribution in [0.3, 0.4) is 0 Å². The summed E-state index contributed by atoms with van der Waals surface area (Å²) in [5.74, 6) is 2.13. The molecule has 1 fully saturated rings. The van der Waals surface area contributed by atoms with E-state index in [1.165, 1.54) is 40.7 Å². The van der Waals surface area contributed by atoms with E-state index >= 15 is 0 Å². The number of rotatable bonds is 10. The monoisotopic (exact) mass is 493 g/mol. The van der Waals surface area contributed by atoms with Crippen molar-refractivity contribution in [3.8, 4) is 0 Å². The number of nitrogens with zero attached hydrogens (tertiary/aromatic N) is 1. The van der Waals surface area contributed by atoms with E-state index in [4.69, 9.17) is 4.98 Å². The summed E-state index contributed by atoms with van der Waals surface area (Å²) < 4.78 is 0. The average Bonchev–Trinajstić information content (AvgIpc) is 3.72. The first kappa shape index (κ1) is 24.8. The second-order valence-corrected chi connectivity index (χ2v) is 11.7. The number of para-hydroxylation sites is 1. The second kappa shape index (κ2) is 11.0. The van der Waals surface area contributed by atoms with Gasteiger partial charge in [0.15, 0.2) is 0 Å². The fraction of sp³-hybridized carbons (Fsp3) is 0.303. The van der Waals surface area contributed by atoms with Gasteiger partial charge in [-0.2, -0.15) is 11.8 Å². The second-order valence-electron chi connectivity index (χ2n) is 10.5. The number of hydrogen-bond acceptors (Lipinski definition) is 3. The SMILES string of the molecule is CC(C)(O)c1ccccc1CC[C@@H](SCC1CC1)c1cccc(/C=C/c2ccc3ccccc3n2)c1. The summed E-state index contributed by atoms with van der Waals surface area (Å²) in [6.45, 7) is 3.76. The van der Waals surface area contributed by atoms with Gasteiger partial charge in [-0.25, -0.2) is 4.98 Å². The summed E-state index contributed by atoms with van der Waals surface area (Å²) in [6, 6.07) is 29.8. The van der Waals surface area contributed by atoms with Crippen molar-refractivity contribution in [1.82, 2.24) is 4.98 Å². The Labute approximate surface area is 219 Å². The van der Waals surface area contributed by atoms with Gasteiger partial charge in [-0.3, -0.25) is 0 Å². The molecule has 1 heterocycles. The van der Waals surface area contributed by atoms with Crippen molar-refractivity contribution in [2.45, 2.75) is 50.4 Å². The smallest absolute Gasteiger partial charge is 0.0843 e.